The zero-order valence-corrected chi connectivity index (χ0v) is 18.1. The van der Waals surface area contributed by atoms with Crippen LogP contribution in [0.2, 0.25) is 0 Å². The molecule has 4 amide bonds. The minimum Gasteiger partial charge on any atom is -0.370 e. The first-order valence-electron chi connectivity index (χ1n) is 9.92. The van der Waals surface area contributed by atoms with E-state index in [4.69, 9.17) is 11.1 Å². The molecule has 0 aliphatic heterocycles. The van der Waals surface area contributed by atoms with E-state index in [0.29, 0.717) is 6.42 Å². The van der Waals surface area contributed by atoms with Gasteiger partial charge in [0, 0.05) is 12.6 Å². The van der Waals surface area contributed by atoms with Crippen molar-refractivity contribution in [2.24, 2.45) is 17.6 Å². The van der Waals surface area contributed by atoms with Crippen LogP contribution in [0.15, 0.2) is 0 Å². The summed E-state index contributed by atoms with van der Waals surface area (Å²) in [6.45, 7) is 9.05. The van der Waals surface area contributed by atoms with Crippen LogP contribution in [-0.2, 0) is 19.2 Å². The van der Waals surface area contributed by atoms with E-state index in [1.807, 2.05) is 13.8 Å². The van der Waals surface area contributed by atoms with Gasteiger partial charge in [-0.2, -0.15) is 0 Å². The lowest BCUT2D eigenvalue weighted by molar-refractivity contribution is -0.398. The largest absolute Gasteiger partial charge is 0.370 e. The number of nitrogens with two attached hydrogens (primary N) is 1. The third kappa shape index (κ3) is 10.6. The van der Waals surface area contributed by atoms with Crippen LogP contribution < -0.4 is 27.4 Å². The highest BCUT2D eigenvalue weighted by molar-refractivity contribution is 5.93. The SMILES string of the molecule is CC(C)C[C@H](NC(=O)[C@@H](NC(=O)[C@H](C)[NH3+])C(C)C)C(=O)N[C@H](C=N)CCC(N)=O. The normalized spacial score (nSPS) is 15.2. The van der Waals surface area contributed by atoms with Gasteiger partial charge in [-0.25, -0.2) is 0 Å². The zero-order valence-electron chi connectivity index (χ0n) is 18.1. The van der Waals surface area contributed by atoms with Gasteiger partial charge in [0.2, 0.25) is 17.7 Å². The Labute approximate surface area is 172 Å². The number of hydrogen-bond donors (Lipinski definition) is 6. The number of primary amides is 1. The number of rotatable bonds is 13. The maximum atomic E-state index is 12.8. The molecule has 0 saturated heterocycles. The van der Waals surface area contributed by atoms with E-state index in [-0.39, 0.29) is 30.6 Å². The molecule has 0 aromatic carbocycles. The Morgan fingerprint density at radius 1 is 0.966 bits per heavy atom. The van der Waals surface area contributed by atoms with Crippen LogP contribution in [0.25, 0.3) is 0 Å². The molecule has 166 valence electrons. The monoisotopic (exact) mass is 413 g/mol. The van der Waals surface area contributed by atoms with Gasteiger partial charge in [-0.05, 0) is 31.6 Å². The molecule has 0 unspecified atom stereocenters. The molecule has 0 aliphatic rings. The Morgan fingerprint density at radius 3 is 1.97 bits per heavy atom. The second-order valence-electron chi connectivity index (χ2n) is 8.11. The van der Waals surface area contributed by atoms with Crippen LogP contribution in [0.3, 0.4) is 0 Å². The number of carbonyl (C=O) groups excluding carboxylic acids is 4. The molecule has 0 aromatic rings. The first-order valence-corrected chi connectivity index (χ1v) is 9.92. The van der Waals surface area contributed by atoms with Crippen LogP contribution in [0.1, 0.15) is 53.9 Å². The molecule has 0 saturated carbocycles. The van der Waals surface area contributed by atoms with Gasteiger partial charge >= 0.3 is 0 Å². The molecule has 0 aliphatic carbocycles. The molecule has 0 heterocycles. The smallest absolute Gasteiger partial charge is 0.278 e. The summed E-state index contributed by atoms with van der Waals surface area (Å²) in [4.78, 5) is 48.4. The van der Waals surface area contributed by atoms with Crippen molar-refractivity contribution in [3.63, 3.8) is 0 Å². The highest BCUT2D eigenvalue weighted by Gasteiger charge is 2.30. The summed E-state index contributed by atoms with van der Waals surface area (Å²) in [6.07, 6.45) is 1.65. The van der Waals surface area contributed by atoms with Crippen molar-refractivity contribution < 1.29 is 24.9 Å². The van der Waals surface area contributed by atoms with Crippen LogP contribution in [-0.4, -0.2) is 54.0 Å². The average molecular weight is 414 g/mol. The maximum Gasteiger partial charge on any atom is 0.278 e. The third-order valence-corrected chi connectivity index (χ3v) is 4.27. The molecule has 0 radical (unpaired) electrons. The van der Waals surface area contributed by atoms with Crippen molar-refractivity contribution in [2.75, 3.05) is 0 Å². The standard InChI is InChI=1S/C19H36N6O4/c1-10(2)8-14(18(28)23-13(9-20)6-7-15(22)26)24-19(29)16(11(3)4)25-17(27)12(5)21/h9-14,16,20H,6-8,21H2,1-5H3,(H2,22,26)(H,23,28)(H,24,29)(H,25,27)/p+1/t12-,13-,14-,16-/m0/s1. The predicted octanol–water partition coefficient (Wildman–Crippen LogP) is -1.31. The minimum atomic E-state index is -0.839. The Bertz CT molecular complexity index is 591. The third-order valence-electron chi connectivity index (χ3n) is 4.27. The molecule has 10 nitrogen and oxygen atoms in total. The molecule has 0 fully saturated rings. The molecule has 10 heteroatoms. The number of amides is 4. The van der Waals surface area contributed by atoms with E-state index in [9.17, 15) is 19.2 Å². The number of quaternary nitrogens is 1. The summed E-state index contributed by atoms with van der Waals surface area (Å²) in [5.41, 5.74) is 8.77. The average Bonchev–Trinajstić information content (AvgIpc) is 2.60. The summed E-state index contributed by atoms with van der Waals surface area (Å²) < 4.78 is 0. The maximum absolute atomic E-state index is 12.8. The fraction of sp³-hybridized carbons (Fsp3) is 0.737. The summed E-state index contributed by atoms with van der Waals surface area (Å²) in [5, 5.41) is 15.5. The van der Waals surface area contributed by atoms with Gasteiger partial charge in [-0.15, -0.1) is 0 Å². The first-order chi connectivity index (χ1) is 13.4. The van der Waals surface area contributed by atoms with Crippen molar-refractivity contribution in [3.8, 4) is 0 Å². The Morgan fingerprint density at radius 2 is 1.55 bits per heavy atom. The van der Waals surface area contributed by atoms with Gasteiger partial charge in [0.15, 0.2) is 6.04 Å². The Kier molecular flexibility index (Phi) is 11.8. The molecular formula is C19H37N6O4+. The lowest BCUT2D eigenvalue weighted by Gasteiger charge is -2.27. The second kappa shape index (κ2) is 12.9. The number of nitrogens with one attached hydrogen (secondary N) is 4. The molecule has 29 heavy (non-hydrogen) atoms. The molecule has 0 spiro atoms. The molecular weight excluding hydrogens is 376 g/mol. The van der Waals surface area contributed by atoms with E-state index >= 15 is 0 Å². The second-order valence-corrected chi connectivity index (χ2v) is 8.11. The highest BCUT2D eigenvalue weighted by Crippen LogP contribution is 2.09. The van der Waals surface area contributed by atoms with Crippen molar-refractivity contribution in [1.29, 1.82) is 5.41 Å². The van der Waals surface area contributed by atoms with E-state index in [1.165, 1.54) is 0 Å². The van der Waals surface area contributed by atoms with E-state index < -0.39 is 41.9 Å². The van der Waals surface area contributed by atoms with Crippen molar-refractivity contribution in [2.45, 2.75) is 78.0 Å². The number of carbonyl (C=O) groups is 4. The Hall–Kier alpha value is -2.49. The molecule has 9 N–H and O–H groups in total. The Balaban J connectivity index is 5.25. The van der Waals surface area contributed by atoms with Crippen molar-refractivity contribution in [1.82, 2.24) is 16.0 Å². The van der Waals surface area contributed by atoms with Gasteiger partial charge in [0.1, 0.15) is 12.1 Å². The molecule has 0 bridgehead atoms. The van der Waals surface area contributed by atoms with Gasteiger partial charge in [0.05, 0.1) is 6.04 Å². The quantitative estimate of drug-likeness (QED) is 0.205. The first kappa shape index (κ1) is 26.5. The lowest BCUT2D eigenvalue weighted by Crippen LogP contribution is -2.68. The minimum absolute atomic E-state index is 0.0340. The number of hydrogen-bond acceptors (Lipinski definition) is 5. The van der Waals surface area contributed by atoms with Crippen LogP contribution >= 0.6 is 0 Å². The highest BCUT2D eigenvalue weighted by atomic mass is 16.2. The summed E-state index contributed by atoms with van der Waals surface area (Å²) >= 11 is 0. The van der Waals surface area contributed by atoms with Crippen LogP contribution in [0.5, 0.6) is 0 Å². The van der Waals surface area contributed by atoms with Gasteiger partial charge in [0.25, 0.3) is 5.91 Å². The molecule has 4 atom stereocenters. The lowest BCUT2D eigenvalue weighted by atomic mass is 9.99. The van der Waals surface area contributed by atoms with Crippen LogP contribution in [0, 0.1) is 17.2 Å². The molecule has 0 aromatic heterocycles. The molecule has 0 rings (SSSR count). The van der Waals surface area contributed by atoms with E-state index in [0.717, 1.165) is 6.21 Å². The van der Waals surface area contributed by atoms with Gasteiger partial charge in [-0.3, -0.25) is 19.2 Å². The zero-order chi connectivity index (χ0) is 22.7. The fourth-order valence-corrected chi connectivity index (χ4v) is 2.57. The topological polar surface area (TPSA) is 182 Å². The van der Waals surface area contributed by atoms with Crippen LogP contribution in [0.4, 0.5) is 0 Å². The van der Waals surface area contributed by atoms with E-state index in [2.05, 4.69) is 21.7 Å². The predicted molar refractivity (Wildman–Crippen MR) is 110 cm³/mol. The van der Waals surface area contributed by atoms with Gasteiger partial charge in [-0.1, -0.05) is 27.7 Å². The summed E-state index contributed by atoms with van der Waals surface area (Å²) in [7, 11) is 0. The van der Waals surface area contributed by atoms with Crippen molar-refractivity contribution in [3.05, 3.63) is 0 Å². The summed E-state index contributed by atoms with van der Waals surface area (Å²) in [5.74, 6) is -1.86. The summed E-state index contributed by atoms with van der Waals surface area (Å²) in [6, 6.07) is -2.82. The van der Waals surface area contributed by atoms with E-state index in [1.54, 1.807) is 20.8 Å². The van der Waals surface area contributed by atoms with Gasteiger partial charge < -0.3 is 32.8 Å². The van der Waals surface area contributed by atoms with Crippen molar-refractivity contribution >= 4 is 29.8 Å². The fourth-order valence-electron chi connectivity index (χ4n) is 2.57.